The Morgan fingerprint density at radius 2 is 2.39 bits per heavy atom. The number of amides is 1. The molecule has 1 aromatic carbocycles. The van der Waals surface area contributed by atoms with Gasteiger partial charge in [-0.15, -0.1) is 0 Å². The molecule has 1 unspecified atom stereocenters. The van der Waals surface area contributed by atoms with E-state index in [9.17, 15) is 4.79 Å². The molecule has 1 heterocycles. The number of nitrogens with two attached hydrogens (primary N) is 1. The third kappa shape index (κ3) is 3.55. The van der Waals surface area contributed by atoms with E-state index in [0.717, 1.165) is 31.4 Å². The number of hydrogen-bond acceptors (Lipinski definition) is 3. The molecule has 1 saturated heterocycles. The lowest BCUT2D eigenvalue weighted by molar-refractivity contribution is 0.0907. The molecule has 1 aliphatic heterocycles. The Kier molecular flexibility index (Phi) is 4.73. The van der Waals surface area contributed by atoms with Crippen LogP contribution in [0.5, 0.6) is 0 Å². The maximum atomic E-state index is 11.9. The molecule has 0 spiro atoms. The normalized spacial score (nSPS) is 18.8. The third-order valence-electron chi connectivity index (χ3n) is 3.20. The van der Waals surface area contributed by atoms with Gasteiger partial charge in [0.1, 0.15) is 0 Å². The van der Waals surface area contributed by atoms with Crippen LogP contribution in [0.2, 0.25) is 0 Å². The second-order valence-corrected chi connectivity index (χ2v) is 4.58. The molecule has 98 valence electrons. The zero-order valence-corrected chi connectivity index (χ0v) is 10.5. The largest absolute Gasteiger partial charge is 0.378 e. The van der Waals surface area contributed by atoms with Gasteiger partial charge in [0.15, 0.2) is 0 Å². The molecule has 4 heteroatoms. The molecule has 1 fully saturated rings. The van der Waals surface area contributed by atoms with Gasteiger partial charge >= 0.3 is 0 Å². The fourth-order valence-electron chi connectivity index (χ4n) is 2.16. The van der Waals surface area contributed by atoms with Gasteiger partial charge in [-0.25, -0.2) is 0 Å². The van der Waals surface area contributed by atoms with E-state index in [-0.39, 0.29) is 5.91 Å². The van der Waals surface area contributed by atoms with Crippen LogP contribution >= 0.6 is 0 Å². The minimum absolute atomic E-state index is 0.0386. The minimum Gasteiger partial charge on any atom is -0.378 e. The lowest BCUT2D eigenvalue weighted by Crippen LogP contribution is -2.27. The summed E-state index contributed by atoms with van der Waals surface area (Å²) in [5, 5.41) is 2.92. The van der Waals surface area contributed by atoms with Gasteiger partial charge in [0, 0.05) is 25.3 Å². The summed E-state index contributed by atoms with van der Waals surface area (Å²) in [6, 6.07) is 7.42. The van der Waals surface area contributed by atoms with Crippen molar-refractivity contribution in [2.24, 2.45) is 5.73 Å². The molecule has 3 N–H and O–H groups in total. The maximum Gasteiger partial charge on any atom is 0.251 e. The number of nitrogens with one attached hydrogen (secondary N) is 1. The van der Waals surface area contributed by atoms with E-state index in [2.05, 4.69) is 5.32 Å². The second-order valence-electron chi connectivity index (χ2n) is 4.58. The fourth-order valence-corrected chi connectivity index (χ4v) is 2.16. The molecule has 0 bridgehead atoms. The fraction of sp³-hybridized carbons (Fsp3) is 0.500. The van der Waals surface area contributed by atoms with E-state index in [1.165, 1.54) is 0 Å². The zero-order valence-electron chi connectivity index (χ0n) is 10.5. The molecule has 1 aromatic rings. The van der Waals surface area contributed by atoms with Gasteiger partial charge in [-0.3, -0.25) is 4.79 Å². The van der Waals surface area contributed by atoms with E-state index < -0.39 is 0 Å². The molecular weight excluding hydrogens is 228 g/mol. The highest BCUT2D eigenvalue weighted by molar-refractivity contribution is 5.94. The Morgan fingerprint density at radius 3 is 3.11 bits per heavy atom. The molecule has 1 amide bonds. The highest BCUT2D eigenvalue weighted by Gasteiger charge is 2.15. The number of benzene rings is 1. The summed E-state index contributed by atoms with van der Waals surface area (Å²) in [4.78, 5) is 11.9. The Balaban J connectivity index is 1.79. The summed E-state index contributed by atoms with van der Waals surface area (Å²) >= 11 is 0. The Labute approximate surface area is 108 Å². The first-order valence-electron chi connectivity index (χ1n) is 6.48. The average molecular weight is 248 g/mol. The maximum absolute atomic E-state index is 11.9. The van der Waals surface area contributed by atoms with Crippen LogP contribution in [-0.2, 0) is 11.3 Å². The zero-order chi connectivity index (χ0) is 12.8. The van der Waals surface area contributed by atoms with Crippen molar-refractivity contribution in [3.05, 3.63) is 35.4 Å². The first kappa shape index (κ1) is 13.1. The quantitative estimate of drug-likeness (QED) is 0.829. The molecule has 18 heavy (non-hydrogen) atoms. The van der Waals surface area contributed by atoms with Crippen LogP contribution in [-0.4, -0.2) is 25.2 Å². The smallest absolute Gasteiger partial charge is 0.251 e. The van der Waals surface area contributed by atoms with Crippen molar-refractivity contribution in [1.82, 2.24) is 5.32 Å². The van der Waals surface area contributed by atoms with Crippen LogP contribution in [0, 0.1) is 0 Å². The van der Waals surface area contributed by atoms with E-state index >= 15 is 0 Å². The van der Waals surface area contributed by atoms with Gasteiger partial charge in [0.2, 0.25) is 0 Å². The monoisotopic (exact) mass is 248 g/mol. The van der Waals surface area contributed by atoms with Crippen LogP contribution in [0.4, 0.5) is 0 Å². The molecule has 1 aliphatic rings. The lowest BCUT2D eigenvalue weighted by atomic mass is 10.1. The predicted molar refractivity (Wildman–Crippen MR) is 70.3 cm³/mol. The van der Waals surface area contributed by atoms with Crippen molar-refractivity contribution < 1.29 is 9.53 Å². The van der Waals surface area contributed by atoms with Crippen LogP contribution in [0.15, 0.2) is 24.3 Å². The molecule has 4 nitrogen and oxygen atoms in total. The Morgan fingerprint density at radius 1 is 1.50 bits per heavy atom. The average Bonchev–Trinajstić information content (AvgIpc) is 2.92. The van der Waals surface area contributed by atoms with Gasteiger partial charge in [0.25, 0.3) is 5.91 Å². The Bertz CT molecular complexity index is 401. The minimum atomic E-state index is -0.0386. The second kappa shape index (κ2) is 6.52. The summed E-state index contributed by atoms with van der Waals surface area (Å²) in [6.45, 7) is 1.98. The Hall–Kier alpha value is -1.39. The van der Waals surface area contributed by atoms with Crippen LogP contribution < -0.4 is 11.1 Å². The van der Waals surface area contributed by atoms with Gasteiger partial charge in [-0.05, 0) is 37.0 Å². The number of carbonyl (C=O) groups excluding carboxylic acids is 1. The highest BCUT2D eigenvalue weighted by Crippen LogP contribution is 2.14. The van der Waals surface area contributed by atoms with Crippen molar-refractivity contribution in [2.75, 3.05) is 13.2 Å². The molecule has 0 aliphatic carbocycles. The molecule has 0 aromatic heterocycles. The first-order chi connectivity index (χ1) is 8.79. The molecule has 1 atom stereocenters. The summed E-state index contributed by atoms with van der Waals surface area (Å²) in [7, 11) is 0. The van der Waals surface area contributed by atoms with Gasteiger partial charge < -0.3 is 15.8 Å². The molecule has 0 saturated carbocycles. The topological polar surface area (TPSA) is 64.4 Å². The third-order valence-corrected chi connectivity index (χ3v) is 3.20. The van der Waals surface area contributed by atoms with Crippen molar-refractivity contribution in [2.45, 2.75) is 31.9 Å². The number of ether oxygens (including phenoxy) is 1. The van der Waals surface area contributed by atoms with Crippen LogP contribution in [0.25, 0.3) is 0 Å². The molecule has 2 rings (SSSR count). The van der Waals surface area contributed by atoms with E-state index in [1.807, 2.05) is 18.2 Å². The highest BCUT2D eigenvalue weighted by atomic mass is 16.5. The standard InChI is InChI=1S/C14H20N2O2/c15-10-11-3-1-4-12(9-11)14(17)16-7-6-13-5-2-8-18-13/h1,3-4,9,13H,2,5-8,10,15H2,(H,16,17). The summed E-state index contributed by atoms with van der Waals surface area (Å²) in [6.07, 6.45) is 3.46. The van der Waals surface area contributed by atoms with Gasteiger partial charge in [-0.2, -0.15) is 0 Å². The van der Waals surface area contributed by atoms with Crippen molar-refractivity contribution in [3.63, 3.8) is 0 Å². The summed E-state index contributed by atoms with van der Waals surface area (Å²) in [5.41, 5.74) is 7.20. The summed E-state index contributed by atoms with van der Waals surface area (Å²) in [5.74, 6) is -0.0386. The molecular formula is C14H20N2O2. The van der Waals surface area contributed by atoms with Crippen molar-refractivity contribution in [1.29, 1.82) is 0 Å². The van der Waals surface area contributed by atoms with Crippen LogP contribution in [0.1, 0.15) is 35.2 Å². The van der Waals surface area contributed by atoms with Gasteiger partial charge in [-0.1, -0.05) is 12.1 Å². The van der Waals surface area contributed by atoms with Crippen LogP contribution in [0.3, 0.4) is 0 Å². The predicted octanol–water partition coefficient (Wildman–Crippen LogP) is 1.44. The number of hydrogen-bond donors (Lipinski definition) is 2. The first-order valence-corrected chi connectivity index (χ1v) is 6.48. The van der Waals surface area contributed by atoms with E-state index in [4.69, 9.17) is 10.5 Å². The van der Waals surface area contributed by atoms with Crippen molar-refractivity contribution in [3.8, 4) is 0 Å². The number of rotatable bonds is 5. The van der Waals surface area contributed by atoms with E-state index in [1.54, 1.807) is 6.07 Å². The lowest BCUT2D eigenvalue weighted by Gasteiger charge is -2.10. The SMILES string of the molecule is NCc1cccc(C(=O)NCCC2CCCO2)c1. The van der Waals surface area contributed by atoms with E-state index in [0.29, 0.717) is 24.8 Å². The number of carbonyl (C=O) groups is 1. The van der Waals surface area contributed by atoms with Crippen molar-refractivity contribution >= 4 is 5.91 Å². The van der Waals surface area contributed by atoms with Gasteiger partial charge in [0.05, 0.1) is 6.10 Å². The molecule has 0 radical (unpaired) electrons. The summed E-state index contributed by atoms with van der Waals surface area (Å²) < 4.78 is 5.51.